The van der Waals surface area contributed by atoms with Crippen LogP contribution in [0.3, 0.4) is 0 Å². The molecule has 2 aliphatic heterocycles. The highest BCUT2D eigenvalue weighted by Crippen LogP contribution is 2.45. The first-order valence-corrected chi connectivity index (χ1v) is 9.53. The Labute approximate surface area is 172 Å². The normalized spacial score (nSPS) is 21.0. The van der Waals surface area contributed by atoms with Crippen LogP contribution in [0.5, 0.6) is 0 Å². The van der Waals surface area contributed by atoms with Gasteiger partial charge in [-0.1, -0.05) is 0 Å². The number of nitro benzene ring substituents is 1. The molecule has 0 aliphatic carbocycles. The van der Waals surface area contributed by atoms with E-state index in [0.29, 0.717) is 11.1 Å². The summed E-state index contributed by atoms with van der Waals surface area (Å²) < 4.78 is 10.3. The summed E-state index contributed by atoms with van der Waals surface area (Å²) in [5.74, 6) is -2.32. The Hall–Kier alpha value is -3.27. The highest BCUT2D eigenvalue weighted by atomic mass is 16.6. The Kier molecular flexibility index (Phi) is 6.16. The fraction of sp³-hybridized carbons (Fsp3) is 0.450. The zero-order valence-corrected chi connectivity index (χ0v) is 16.6. The van der Waals surface area contributed by atoms with Crippen molar-refractivity contribution in [3.05, 3.63) is 51.2 Å². The third-order valence-corrected chi connectivity index (χ3v) is 5.19. The molecule has 0 radical (unpaired) electrons. The minimum absolute atomic E-state index is 0.0110. The van der Waals surface area contributed by atoms with Crippen LogP contribution in [0.2, 0.25) is 0 Å². The van der Waals surface area contributed by atoms with E-state index in [0.717, 1.165) is 0 Å². The molecule has 2 aliphatic rings. The third kappa shape index (κ3) is 4.04. The van der Waals surface area contributed by atoms with Crippen LogP contribution in [-0.2, 0) is 30.5 Å². The monoisotopic (exact) mass is 418 g/mol. The third-order valence-electron chi connectivity index (χ3n) is 5.19. The van der Waals surface area contributed by atoms with Crippen LogP contribution >= 0.6 is 0 Å². The van der Waals surface area contributed by atoms with E-state index in [9.17, 15) is 29.6 Å². The lowest BCUT2D eigenvalue weighted by atomic mass is 9.83. The second-order valence-electron chi connectivity index (χ2n) is 7.18. The van der Waals surface area contributed by atoms with Gasteiger partial charge >= 0.3 is 11.9 Å². The fourth-order valence-corrected chi connectivity index (χ4v) is 3.82. The topological polar surface area (TPSA) is 136 Å². The Bertz CT molecular complexity index is 906. The molecule has 1 aromatic carbocycles. The number of aliphatic hydroxyl groups excluding tert-OH is 1. The van der Waals surface area contributed by atoms with Crippen molar-refractivity contribution in [1.82, 2.24) is 4.90 Å². The molecule has 3 atom stereocenters. The van der Waals surface area contributed by atoms with Gasteiger partial charge in [0.2, 0.25) is 5.91 Å². The quantitative estimate of drug-likeness (QED) is 0.290. The number of nitrogens with zero attached hydrogens (tertiary/aromatic N) is 2. The van der Waals surface area contributed by atoms with E-state index in [4.69, 9.17) is 9.47 Å². The van der Waals surface area contributed by atoms with Gasteiger partial charge in [-0.2, -0.15) is 0 Å². The summed E-state index contributed by atoms with van der Waals surface area (Å²) in [7, 11) is 0. The summed E-state index contributed by atoms with van der Waals surface area (Å²) in [6.07, 6.45) is -0.747. The molecule has 3 rings (SSSR count). The summed E-state index contributed by atoms with van der Waals surface area (Å²) in [6.45, 7) is 3.21. The summed E-state index contributed by atoms with van der Waals surface area (Å²) >= 11 is 0. The van der Waals surface area contributed by atoms with Crippen LogP contribution < -0.4 is 0 Å². The van der Waals surface area contributed by atoms with Gasteiger partial charge in [-0.3, -0.25) is 19.7 Å². The molecule has 0 saturated carbocycles. The lowest BCUT2D eigenvalue weighted by molar-refractivity contribution is -0.384. The molecule has 0 bridgehead atoms. The number of β-lactam (4-membered cyclic amide) rings is 1. The number of ether oxygens (including phenoxy) is 2. The number of aliphatic hydroxyl groups is 1. The average Bonchev–Trinajstić information content (AvgIpc) is 3.00. The van der Waals surface area contributed by atoms with Crippen molar-refractivity contribution in [1.29, 1.82) is 0 Å². The van der Waals surface area contributed by atoms with Gasteiger partial charge in [0.15, 0.2) is 0 Å². The second kappa shape index (κ2) is 8.62. The number of non-ortho nitro benzene ring substituents is 1. The van der Waals surface area contributed by atoms with Crippen molar-refractivity contribution < 1.29 is 33.9 Å². The molecular formula is C20H22N2O8. The number of fused-ring (bicyclic) bond motifs is 1. The Balaban J connectivity index is 1.76. The van der Waals surface area contributed by atoms with Crippen LogP contribution in [0.25, 0.3) is 0 Å². The molecule has 10 heteroatoms. The molecule has 1 N–H and O–H groups in total. The molecule has 1 fully saturated rings. The van der Waals surface area contributed by atoms with E-state index in [1.54, 1.807) is 6.92 Å². The number of esters is 2. The largest absolute Gasteiger partial charge is 0.466 e. The molecule has 1 saturated heterocycles. The molecule has 30 heavy (non-hydrogen) atoms. The van der Waals surface area contributed by atoms with E-state index in [1.165, 1.54) is 36.1 Å². The molecule has 1 aromatic rings. The number of amides is 1. The fourth-order valence-electron chi connectivity index (χ4n) is 3.82. The molecule has 0 unspecified atom stereocenters. The van der Waals surface area contributed by atoms with Gasteiger partial charge in [0, 0.05) is 12.1 Å². The van der Waals surface area contributed by atoms with Crippen LogP contribution in [0.1, 0.15) is 32.3 Å². The van der Waals surface area contributed by atoms with Gasteiger partial charge in [0.1, 0.15) is 12.3 Å². The van der Waals surface area contributed by atoms with Crippen LogP contribution in [0, 0.1) is 16.0 Å². The lowest BCUT2D eigenvalue weighted by Gasteiger charge is -2.44. The van der Waals surface area contributed by atoms with Gasteiger partial charge in [0.05, 0.1) is 36.0 Å². The van der Waals surface area contributed by atoms with Crippen LogP contribution in [-0.4, -0.2) is 51.5 Å². The van der Waals surface area contributed by atoms with Gasteiger partial charge in [-0.05, 0) is 43.5 Å². The molecule has 10 nitrogen and oxygen atoms in total. The zero-order chi connectivity index (χ0) is 22.0. The number of benzene rings is 1. The van der Waals surface area contributed by atoms with Gasteiger partial charge in [0.25, 0.3) is 5.69 Å². The van der Waals surface area contributed by atoms with E-state index in [2.05, 4.69) is 0 Å². The number of rotatable bonds is 8. The van der Waals surface area contributed by atoms with E-state index in [-0.39, 0.29) is 37.4 Å². The number of hydrogen-bond acceptors (Lipinski definition) is 8. The zero-order valence-electron chi connectivity index (χ0n) is 16.6. The summed E-state index contributed by atoms with van der Waals surface area (Å²) in [5, 5.41) is 20.6. The van der Waals surface area contributed by atoms with E-state index in [1.807, 2.05) is 0 Å². The smallest absolute Gasteiger partial charge is 0.355 e. The molecule has 1 amide bonds. The van der Waals surface area contributed by atoms with E-state index < -0.39 is 40.8 Å². The molecule has 0 spiro atoms. The molecule has 160 valence electrons. The minimum atomic E-state index is -0.877. The number of carbonyl (C=O) groups is 3. The van der Waals surface area contributed by atoms with Crippen molar-refractivity contribution in [2.24, 2.45) is 5.92 Å². The SMILES string of the molecule is CCOC(=O)CC1=C(C(=O)OCc2ccc([N+](=O)[O-])cc2)N2C(=O)[C@H]([C@@H](C)O)[C@H]2C1. The Morgan fingerprint density at radius 3 is 2.53 bits per heavy atom. The highest BCUT2D eigenvalue weighted by Gasteiger charge is 2.57. The first-order valence-electron chi connectivity index (χ1n) is 9.53. The lowest BCUT2D eigenvalue weighted by Crippen LogP contribution is -2.61. The predicted molar refractivity (Wildman–Crippen MR) is 102 cm³/mol. The number of carbonyl (C=O) groups excluding carboxylic acids is 3. The standard InChI is InChI=1S/C20H22N2O8/c1-3-29-16(24)9-13-8-15-17(11(2)23)19(25)21(15)18(13)20(26)30-10-12-4-6-14(7-5-12)22(27)28/h4-7,11,15,17,23H,3,8-10H2,1-2H3/t11-,15-,17-/m1/s1. The summed E-state index contributed by atoms with van der Waals surface area (Å²) in [4.78, 5) is 48.7. The summed E-state index contributed by atoms with van der Waals surface area (Å²) in [5.41, 5.74) is 0.895. The maximum Gasteiger partial charge on any atom is 0.355 e. The summed E-state index contributed by atoms with van der Waals surface area (Å²) in [6, 6.07) is 5.13. The van der Waals surface area contributed by atoms with Crippen LogP contribution in [0.15, 0.2) is 35.5 Å². The van der Waals surface area contributed by atoms with Gasteiger partial charge < -0.3 is 19.5 Å². The van der Waals surface area contributed by atoms with E-state index >= 15 is 0 Å². The molecular weight excluding hydrogens is 396 g/mol. The molecule has 0 aromatic heterocycles. The first kappa shape index (κ1) is 21.4. The van der Waals surface area contributed by atoms with Crippen molar-refractivity contribution in [3.8, 4) is 0 Å². The number of nitro groups is 1. The second-order valence-corrected chi connectivity index (χ2v) is 7.18. The minimum Gasteiger partial charge on any atom is -0.466 e. The molecule has 2 heterocycles. The van der Waals surface area contributed by atoms with Gasteiger partial charge in [-0.15, -0.1) is 0 Å². The first-order chi connectivity index (χ1) is 14.2. The van der Waals surface area contributed by atoms with Crippen LogP contribution in [0.4, 0.5) is 5.69 Å². The van der Waals surface area contributed by atoms with Crippen molar-refractivity contribution in [2.45, 2.75) is 45.4 Å². The Morgan fingerprint density at radius 1 is 1.30 bits per heavy atom. The van der Waals surface area contributed by atoms with Crippen molar-refractivity contribution >= 4 is 23.5 Å². The Morgan fingerprint density at radius 2 is 1.97 bits per heavy atom. The highest BCUT2D eigenvalue weighted by molar-refractivity contribution is 6.01. The maximum atomic E-state index is 12.8. The van der Waals surface area contributed by atoms with Crippen molar-refractivity contribution in [2.75, 3.05) is 6.61 Å². The average molecular weight is 418 g/mol. The predicted octanol–water partition coefficient (Wildman–Crippen LogP) is 1.46. The van der Waals surface area contributed by atoms with Gasteiger partial charge in [-0.25, -0.2) is 4.79 Å². The number of hydrogen-bond donors (Lipinski definition) is 1. The van der Waals surface area contributed by atoms with Crippen molar-refractivity contribution in [3.63, 3.8) is 0 Å². The maximum absolute atomic E-state index is 12.8.